The summed E-state index contributed by atoms with van der Waals surface area (Å²) in [5, 5.41) is 0. The van der Waals surface area contributed by atoms with Crippen molar-refractivity contribution in [3.63, 3.8) is 0 Å². The topological polar surface area (TPSA) is 110 Å². The highest BCUT2D eigenvalue weighted by molar-refractivity contribution is 7.89. The van der Waals surface area contributed by atoms with Crippen LogP contribution in [0.3, 0.4) is 0 Å². The van der Waals surface area contributed by atoms with Crippen LogP contribution in [0, 0.1) is 12.7 Å². The molecule has 0 N–H and O–H groups in total. The zero-order valence-corrected chi connectivity index (χ0v) is 30.8. The van der Waals surface area contributed by atoms with E-state index in [1.807, 2.05) is 19.9 Å². The van der Waals surface area contributed by atoms with Crippen molar-refractivity contribution in [2.24, 2.45) is 0 Å². The van der Waals surface area contributed by atoms with Crippen LogP contribution >= 0.6 is 23.2 Å². The second-order valence-electron chi connectivity index (χ2n) is 13.4. The van der Waals surface area contributed by atoms with Gasteiger partial charge in [0.25, 0.3) is 0 Å². The van der Waals surface area contributed by atoms with Crippen LogP contribution in [0.4, 0.5) is 9.18 Å². The molecule has 3 fully saturated rings. The number of benzene rings is 2. The van der Waals surface area contributed by atoms with Crippen molar-refractivity contribution < 1.29 is 40.0 Å². The van der Waals surface area contributed by atoms with Crippen molar-refractivity contribution in [1.29, 1.82) is 0 Å². The second kappa shape index (κ2) is 13.6. The molecular weight excluding hydrogens is 716 g/mol. The number of alkyl halides is 2. The minimum Gasteiger partial charge on any atom is -0.491 e. The Morgan fingerprint density at radius 2 is 1.49 bits per heavy atom. The number of cyclic esters (lactones) is 1. The summed E-state index contributed by atoms with van der Waals surface area (Å²) < 4.78 is 81.7. The molecule has 1 amide bonds. The van der Waals surface area contributed by atoms with Gasteiger partial charge in [0.1, 0.15) is 40.3 Å². The third kappa shape index (κ3) is 6.80. The summed E-state index contributed by atoms with van der Waals surface area (Å²) in [6, 6.07) is 9.34. The van der Waals surface area contributed by atoms with E-state index in [-0.39, 0.29) is 71.7 Å². The fourth-order valence-electron chi connectivity index (χ4n) is 7.67. The Balaban J connectivity index is 1.28. The van der Waals surface area contributed by atoms with Gasteiger partial charge in [-0.05, 0) is 74.9 Å². The van der Waals surface area contributed by atoms with E-state index in [9.17, 15) is 26.0 Å². The Bertz CT molecular complexity index is 1890. The van der Waals surface area contributed by atoms with Crippen LogP contribution in [-0.2, 0) is 24.8 Å². The molecule has 0 spiro atoms. The Morgan fingerprint density at radius 1 is 0.918 bits per heavy atom. The minimum absolute atomic E-state index is 0.00166. The lowest BCUT2D eigenvalue weighted by molar-refractivity contribution is -0.875. The van der Waals surface area contributed by atoms with E-state index in [4.69, 9.17) is 32.7 Å². The average Bonchev–Trinajstić information content (AvgIpc) is 3.06. The smallest absolute Gasteiger partial charge is 0.491 e. The molecule has 10 nitrogen and oxygen atoms in total. The highest BCUT2D eigenvalue weighted by Gasteiger charge is 2.60. The maximum atomic E-state index is 14.2. The summed E-state index contributed by atoms with van der Waals surface area (Å²) in [5.41, 5.74) is 1.87. The number of hydrogen-bond donors (Lipinski definition) is 0. The number of fused-ring (bicyclic) bond motifs is 1. The number of carbonyl (C=O) groups is 1. The summed E-state index contributed by atoms with van der Waals surface area (Å²) in [7, 11) is -7.82. The third-order valence-corrected chi connectivity index (χ3v) is 14.4. The van der Waals surface area contributed by atoms with Gasteiger partial charge in [0.05, 0.1) is 15.9 Å². The molecule has 0 bridgehead atoms. The van der Waals surface area contributed by atoms with Gasteiger partial charge in [-0.1, -0.05) is 29.3 Å². The van der Waals surface area contributed by atoms with Gasteiger partial charge < -0.3 is 9.47 Å². The number of nitrogens with zero attached hydrogens (tertiary/aromatic N) is 3. The molecule has 0 saturated carbocycles. The first-order chi connectivity index (χ1) is 23.1. The predicted molar refractivity (Wildman–Crippen MR) is 184 cm³/mol. The molecule has 4 aliphatic rings. The zero-order chi connectivity index (χ0) is 35.4. The van der Waals surface area contributed by atoms with Crippen LogP contribution in [-0.4, -0.2) is 91.3 Å². The van der Waals surface area contributed by atoms with Gasteiger partial charge in [-0.25, -0.2) is 21.2 Å². The van der Waals surface area contributed by atoms with Crippen molar-refractivity contribution in [3.05, 3.63) is 77.3 Å². The largest absolute Gasteiger partial charge is 0.522 e. The number of sulfonamides is 2. The van der Waals surface area contributed by atoms with Crippen molar-refractivity contribution >= 4 is 49.3 Å². The predicted octanol–water partition coefficient (Wildman–Crippen LogP) is 6.28. The molecule has 1 aliphatic carbocycles. The fraction of sp³-hybridized carbons (Fsp3) is 0.500. The van der Waals surface area contributed by atoms with Crippen molar-refractivity contribution in [2.45, 2.75) is 85.2 Å². The SMILES string of the molecule is Cc1ccc(F)cc1S(=O)(=O)N1CCC([N+]2(C3CCN(S(=O)(=O)c4ccc(OC(C)C)cc4)CC3)C(=O)OCC3=CC(Cl)(Cl)CC=C32)CC1. The van der Waals surface area contributed by atoms with Crippen LogP contribution in [0.1, 0.15) is 51.5 Å². The van der Waals surface area contributed by atoms with E-state index in [0.717, 1.165) is 11.8 Å². The molecule has 266 valence electrons. The van der Waals surface area contributed by atoms with Crippen LogP contribution < -0.4 is 4.74 Å². The number of halogens is 3. The number of ether oxygens (including phenoxy) is 2. The summed E-state index contributed by atoms with van der Waals surface area (Å²) in [6.45, 7) is 6.00. The number of rotatable bonds is 8. The monoisotopic (exact) mass is 756 g/mol. The molecule has 3 saturated heterocycles. The summed E-state index contributed by atoms with van der Waals surface area (Å²) in [6.07, 6.45) is 4.73. The number of quaternary nitrogens is 1. The third-order valence-electron chi connectivity index (χ3n) is 9.93. The van der Waals surface area contributed by atoms with E-state index in [1.165, 1.54) is 32.9 Å². The van der Waals surface area contributed by atoms with E-state index in [2.05, 4.69) is 0 Å². The Morgan fingerprint density at radius 3 is 2.06 bits per heavy atom. The molecule has 15 heteroatoms. The molecule has 1 unspecified atom stereocenters. The lowest BCUT2D eigenvalue weighted by Crippen LogP contribution is -2.69. The molecule has 3 heterocycles. The normalized spacial score (nSPS) is 24.6. The van der Waals surface area contributed by atoms with Crippen molar-refractivity contribution in [1.82, 2.24) is 8.61 Å². The highest BCUT2D eigenvalue weighted by Crippen LogP contribution is 2.48. The molecule has 2 aromatic carbocycles. The fourth-order valence-corrected chi connectivity index (χ4v) is 11.3. The number of piperidine rings is 2. The van der Waals surface area contributed by atoms with Crippen LogP contribution in [0.2, 0.25) is 0 Å². The summed E-state index contributed by atoms with van der Waals surface area (Å²) >= 11 is 13.0. The average molecular weight is 758 g/mol. The van der Waals surface area contributed by atoms with E-state index in [0.29, 0.717) is 42.6 Å². The van der Waals surface area contributed by atoms with Gasteiger partial charge in [-0.2, -0.15) is 17.9 Å². The van der Waals surface area contributed by atoms with Gasteiger partial charge >= 0.3 is 6.09 Å². The summed E-state index contributed by atoms with van der Waals surface area (Å²) in [5.74, 6) is -0.0569. The number of allylic oxidation sites excluding steroid dienone is 2. The summed E-state index contributed by atoms with van der Waals surface area (Å²) in [4.78, 5) is 14.3. The van der Waals surface area contributed by atoms with Gasteiger partial charge in [0.15, 0.2) is 0 Å². The van der Waals surface area contributed by atoms with Crippen molar-refractivity contribution in [3.8, 4) is 5.75 Å². The van der Waals surface area contributed by atoms with E-state index >= 15 is 0 Å². The first-order valence-electron chi connectivity index (χ1n) is 16.5. The van der Waals surface area contributed by atoms with Crippen LogP contribution in [0.25, 0.3) is 0 Å². The zero-order valence-electron chi connectivity index (χ0n) is 27.6. The second-order valence-corrected chi connectivity index (χ2v) is 18.8. The standard InChI is InChI=1S/C34H41Cl2FN3O7S2/c1-23(2)47-29-6-8-30(9-7-29)48(42,43)38-16-11-27(12-17-38)40(31-10-15-34(35,36)21-25(31)22-46-33(40)41)28-13-18-39(19-14-28)49(44,45)32-20-26(37)5-4-24(32)3/h4-10,20-21,23,27-28H,11-19,22H2,1-3H3/q+1. The van der Waals surface area contributed by atoms with Gasteiger partial charge in [0.2, 0.25) is 20.0 Å². The van der Waals surface area contributed by atoms with Gasteiger partial charge in [0, 0.05) is 63.9 Å². The van der Waals surface area contributed by atoms with Crippen LogP contribution in [0.15, 0.2) is 75.7 Å². The molecule has 2 aromatic rings. The number of carbonyl (C=O) groups excluding carboxylic acids is 1. The first kappa shape index (κ1) is 36.3. The molecule has 49 heavy (non-hydrogen) atoms. The molecule has 1 atom stereocenters. The number of aryl methyl sites for hydroxylation is 1. The van der Waals surface area contributed by atoms with Gasteiger partial charge in [-0.3, -0.25) is 0 Å². The molecular formula is C34H41Cl2FN3O7S2+. The quantitative estimate of drug-likeness (QED) is 0.230. The Hall–Kier alpha value is -2.52. The maximum absolute atomic E-state index is 14.2. The lowest BCUT2D eigenvalue weighted by atomic mass is 9.88. The minimum atomic E-state index is -4.00. The van der Waals surface area contributed by atoms with Crippen LogP contribution in [0.5, 0.6) is 5.75 Å². The van der Waals surface area contributed by atoms with Gasteiger partial charge in [-0.15, -0.1) is 0 Å². The van der Waals surface area contributed by atoms with E-state index < -0.39 is 36.3 Å². The first-order valence-corrected chi connectivity index (χ1v) is 20.1. The maximum Gasteiger partial charge on any atom is 0.522 e. The molecule has 3 aliphatic heterocycles. The van der Waals surface area contributed by atoms with Crippen molar-refractivity contribution in [2.75, 3.05) is 32.8 Å². The molecule has 6 rings (SSSR count). The van der Waals surface area contributed by atoms with E-state index in [1.54, 1.807) is 25.1 Å². The highest BCUT2D eigenvalue weighted by atomic mass is 35.5. The Labute approximate surface area is 297 Å². The molecule has 0 aromatic heterocycles. The number of hydrogen-bond acceptors (Lipinski definition) is 7. The lowest BCUT2D eigenvalue weighted by Gasteiger charge is -2.53. The Kier molecular flexibility index (Phi) is 10.0. The molecule has 0 radical (unpaired) electrons. The number of amides is 1.